The Bertz CT molecular complexity index is 502. The maximum atomic E-state index is 12.5. The molecule has 1 aliphatic carbocycles. The summed E-state index contributed by atoms with van der Waals surface area (Å²) in [7, 11) is 0. The van der Waals surface area contributed by atoms with Crippen molar-refractivity contribution < 1.29 is 14.3 Å². The summed E-state index contributed by atoms with van der Waals surface area (Å²) in [6, 6.07) is 3.60. The number of carbonyl (C=O) groups is 2. The number of carbonyl (C=O) groups excluding carboxylic acids is 2. The van der Waals surface area contributed by atoms with Gasteiger partial charge in [-0.1, -0.05) is 0 Å². The number of esters is 1. The summed E-state index contributed by atoms with van der Waals surface area (Å²) in [6.45, 7) is 6.77. The fraction of sp³-hybridized carbons (Fsp3) is 0.562. The number of aromatic nitrogens is 1. The van der Waals surface area contributed by atoms with Gasteiger partial charge in [-0.15, -0.1) is 0 Å². The van der Waals surface area contributed by atoms with Crippen molar-refractivity contribution in [2.75, 3.05) is 13.2 Å². The van der Waals surface area contributed by atoms with Crippen molar-refractivity contribution in [3.8, 4) is 0 Å². The van der Waals surface area contributed by atoms with Crippen LogP contribution >= 0.6 is 0 Å². The number of amides is 1. The van der Waals surface area contributed by atoms with Crippen LogP contribution in [0.4, 0.5) is 0 Å². The van der Waals surface area contributed by atoms with Crippen LogP contribution in [0.3, 0.4) is 0 Å². The third kappa shape index (κ3) is 3.80. The minimum Gasteiger partial charge on any atom is -0.466 e. The molecule has 0 bridgehead atoms. The zero-order valence-corrected chi connectivity index (χ0v) is 12.8. The van der Waals surface area contributed by atoms with Crippen molar-refractivity contribution in [2.24, 2.45) is 11.8 Å². The monoisotopic (exact) mass is 290 g/mol. The van der Waals surface area contributed by atoms with E-state index in [1.54, 1.807) is 29.4 Å². The highest BCUT2D eigenvalue weighted by atomic mass is 16.5. The molecule has 2 unspecified atom stereocenters. The van der Waals surface area contributed by atoms with Crippen molar-refractivity contribution in [1.82, 2.24) is 9.88 Å². The molecule has 2 rings (SSSR count). The van der Waals surface area contributed by atoms with Gasteiger partial charge in [-0.25, -0.2) is 0 Å². The number of nitrogens with zero attached hydrogens (tertiary/aromatic N) is 2. The van der Waals surface area contributed by atoms with Crippen LogP contribution < -0.4 is 0 Å². The summed E-state index contributed by atoms with van der Waals surface area (Å²) in [5.41, 5.74) is 0.583. The van der Waals surface area contributed by atoms with E-state index in [4.69, 9.17) is 4.74 Å². The first kappa shape index (κ1) is 15.5. The van der Waals surface area contributed by atoms with Crippen LogP contribution in [0.15, 0.2) is 24.5 Å². The van der Waals surface area contributed by atoms with E-state index in [9.17, 15) is 9.59 Å². The molecule has 1 aliphatic rings. The predicted molar refractivity (Wildman–Crippen MR) is 78.6 cm³/mol. The maximum absolute atomic E-state index is 12.5. The Morgan fingerprint density at radius 3 is 2.81 bits per heavy atom. The molecule has 1 amide bonds. The Balaban J connectivity index is 1.98. The highest BCUT2D eigenvalue weighted by Gasteiger charge is 2.45. The van der Waals surface area contributed by atoms with Gasteiger partial charge in [0.2, 0.25) is 0 Å². The van der Waals surface area contributed by atoms with Gasteiger partial charge < -0.3 is 9.64 Å². The first-order valence-corrected chi connectivity index (χ1v) is 7.42. The maximum Gasteiger partial charge on any atom is 0.309 e. The second kappa shape index (κ2) is 6.70. The third-order valence-electron chi connectivity index (χ3n) is 3.74. The molecule has 0 saturated heterocycles. The fourth-order valence-electron chi connectivity index (χ4n) is 2.42. The first-order valence-electron chi connectivity index (χ1n) is 7.42. The van der Waals surface area contributed by atoms with E-state index in [1.165, 1.54) is 0 Å². The summed E-state index contributed by atoms with van der Waals surface area (Å²) in [5, 5.41) is 0. The molecule has 1 fully saturated rings. The van der Waals surface area contributed by atoms with Gasteiger partial charge in [-0.3, -0.25) is 14.6 Å². The summed E-state index contributed by atoms with van der Waals surface area (Å²) < 4.78 is 5.03. The Morgan fingerprint density at radius 2 is 2.24 bits per heavy atom. The molecule has 21 heavy (non-hydrogen) atoms. The lowest BCUT2D eigenvalue weighted by atomic mass is 10.2. The Morgan fingerprint density at radius 1 is 1.48 bits per heavy atom. The average molecular weight is 290 g/mol. The first-order chi connectivity index (χ1) is 10.0. The van der Waals surface area contributed by atoms with Crippen molar-refractivity contribution in [3.05, 3.63) is 30.1 Å². The number of rotatable bonds is 6. The minimum atomic E-state index is -0.139. The van der Waals surface area contributed by atoms with Gasteiger partial charge in [0.05, 0.1) is 18.1 Å². The number of ether oxygens (including phenoxy) is 1. The average Bonchev–Trinajstić information content (AvgIpc) is 3.24. The molecule has 0 spiro atoms. The molecule has 0 aromatic carbocycles. The van der Waals surface area contributed by atoms with Crippen LogP contribution in [-0.4, -0.2) is 41.0 Å². The molecule has 0 aliphatic heterocycles. The molecule has 1 aromatic rings. The van der Waals surface area contributed by atoms with Crippen LogP contribution in [0, 0.1) is 11.8 Å². The molecule has 1 heterocycles. The Kier molecular flexibility index (Phi) is 4.94. The highest BCUT2D eigenvalue weighted by Crippen LogP contribution is 2.40. The highest BCUT2D eigenvalue weighted by molar-refractivity contribution is 5.94. The molecule has 0 N–H and O–H groups in total. The molecule has 5 nitrogen and oxygen atoms in total. The second-order valence-corrected chi connectivity index (χ2v) is 5.65. The molecule has 114 valence electrons. The van der Waals surface area contributed by atoms with E-state index >= 15 is 0 Å². The van der Waals surface area contributed by atoms with Gasteiger partial charge in [0, 0.05) is 25.0 Å². The van der Waals surface area contributed by atoms with Gasteiger partial charge >= 0.3 is 5.97 Å². The summed E-state index contributed by atoms with van der Waals surface area (Å²) in [6.07, 6.45) is 4.03. The van der Waals surface area contributed by atoms with Crippen molar-refractivity contribution in [2.45, 2.75) is 33.2 Å². The van der Waals surface area contributed by atoms with Gasteiger partial charge in [0.1, 0.15) is 0 Å². The van der Waals surface area contributed by atoms with Gasteiger partial charge in [-0.2, -0.15) is 0 Å². The van der Waals surface area contributed by atoms with Gasteiger partial charge in [-0.05, 0) is 45.2 Å². The summed E-state index contributed by atoms with van der Waals surface area (Å²) in [4.78, 5) is 30.0. The van der Waals surface area contributed by atoms with E-state index in [-0.39, 0.29) is 29.8 Å². The van der Waals surface area contributed by atoms with E-state index in [0.29, 0.717) is 18.7 Å². The fourth-order valence-corrected chi connectivity index (χ4v) is 2.42. The molecule has 5 heteroatoms. The number of pyridine rings is 1. The van der Waals surface area contributed by atoms with Gasteiger partial charge in [0.15, 0.2) is 0 Å². The number of hydrogen-bond donors (Lipinski definition) is 0. The standard InChI is InChI=1S/C16H22N2O3/c1-4-21-16(20)14-8-13(14)10-18(11(2)3)15(19)12-6-5-7-17-9-12/h5-7,9,11,13-14H,4,8,10H2,1-3H3. The van der Waals surface area contributed by atoms with Crippen molar-refractivity contribution in [3.63, 3.8) is 0 Å². The van der Waals surface area contributed by atoms with Crippen LogP contribution in [-0.2, 0) is 9.53 Å². The zero-order chi connectivity index (χ0) is 15.4. The van der Waals surface area contributed by atoms with E-state index in [1.807, 2.05) is 20.8 Å². The predicted octanol–water partition coefficient (Wildman–Crippen LogP) is 2.13. The smallest absolute Gasteiger partial charge is 0.309 e. The molecular formula is C16H22N2O3. The lowest BCUT2D eigenvalue weighted by Gasteiger charge is -2.27. The topological polar surface area (TPSA) is 59.5 Å². The lowest BCUT2D eigenvalue weighted by molar-refractivity contribution is -0.145. The normalized spacial score (nSPS) is 20.2. The molecule has 1 saturated carbocycles. The van der Waals surface area contributed by atoms with E-state index in [2.05, 4.69) is 4.98 Å². The molecule has 2 atom stereocenters. The zero-order valence-electron chi connectivity index (χ0n) is 12.8. The quantitative estimate of drug-likeness (QED) is 0.753. The summed E-state index contributed by atoms with van der Waals surface area (Å²) >= 11 is 0. The van der Waals surface area contributed by atoms with E-state index < -0.39 is 0 Å². The SMILES string of the molecule is CCOC(=O)C1CC1CN(C(=O)c1cccnc1)C(C)C. The summed E-state index contributed by atoms with van der Waals surface area (Å²) in [5.74, 6) is -0.00684. The number of hydrogen-bond acceptors (Lipinski definition) is 4. The largest absolute Gasteiger partial charge is 0.466 e. The second-order valence-electron chi connectivity index (χ2n) is 5.65. The lowest BCUT2D eigenvalue weighted by Crippen LogP contribution is -2.39. The van der Waals surface area contributed by atoms with Crippen LogP contribution in [0.2, 0.25) is 0 Å². The molecule has 0 radical (unpaired) electrons. The van der Waals surface area contributed by atoms with Crippen molar-refractivity contribution in [1.29, 1.82) is 0 Å². The Labute approximate surface area is 125 Å². The van der Waals surface area contributed by atoms with Crippen LogP contribution in [0.25, 0.3) is 0 Å². The minimum absolute atomic E-state index is 0.0346. The van der Waals surface area contributed by atoms with E-state index in [0.717, 1.165) is 6.42 Å². The van der Waals surface area contributed by atoms with Crippen LogP contribution in [0.1, 0.15) is 37.6 Å². The third-order valence-corrected chi connectivity index (χ3v) is 3.74. The van der Waals surface area contributed by atoms with Gasteiger partial charge in [0.25, 0.3) is 5.91 Å². The Hall–Kier alpha value is -1.91. The van der Waals surface area contributed by atoms with Crippen LogP contribution in [0.5, 0.6) is 0 Å². The van der Waals surface area contributed by atoms with Crippen molar-refractivity contribution >= 4 is 11.9 Å². The molecular weight excluding hydrogens is 268 g/mol. The molecule has 1 aromatic heterocycles.